The first-order chi connectivity index (χ1) is 5.50. The summed E-state index contributed by atoms with van der Waals surface area (Å²) >= 11 is 0. The molecule has 0 aromatic carbocycles. The summed E-state index contributed by atoms with van der Waals surface area (Å²) in [7, 11) is 0. The number of carbonyl (C=O) groups is 1. The van der Waals surface area contributed by atoms with E-state index in [2.05, 4.69) is 10.3 Å². The number of aromatic nitrogens is 1. The predicted molar refractivity (Wildman–Crippen MR) is 44.6 cm³/mol. The Bertz CT molecular complexity index is 259. The molecule has 0 saturated carbocycles. The molecule has 0 radical (unpaired) electrons. The maximum absolute atomic E-state index is 11.3. The molecule has 0 aliphatic carbocycles. The highest BCUT2D eigenvalue weighted by Crippen LogP contribution is 2.15. The number of nitrogens with zero attached hydrogens (tertiary/aromatic N) is 1. The van der Waals surface area contributed by atoms with E-state index >= 15 is 0 Å². The van der Waals surface area contributed by atoms with E-state index in [4.69, 9.17) is 4.42 Å². The molecule has 1 aromatic heterocycles. The summed E-state index contributed by atoms with van der Waals surface area (Å²) in [6, 6.07) is 0. The van der Waals surface area contributed by atoms with Crippen LogP contribution in [-0.4, -0.2) is 10.9 Å². The molecule has 0 saturated heterocycles. The maximum Gasteiger partial charge on any atom is 0.230 e. The van der Waals surface area contributed by atoms with Crippen LogP contribution in [0.25, 0.3) is 0 Å². The molecule has 4 heteroatoms. The van der Waals surface area contributed by atoms with Crippen LogP contribution in [0, 0.1) is 5.41 Å². The SMILES string of the molecule is CC(C)(C)C(=O)Nc1cocn1. The van der Waals surface area contributed by atoms with Crippen LogP contribution in [0.5, 0.6) is 0 Å². The molecule has 1 rings (SSSR count). The van der Waals surface area contributed by atoms with Gasteiger partial charge < -0.3 is 9.73 Å². The van der Waals surface area contributed by atoms with Crippen molar-refractivity contribution in [2.75, 3.05) is 5.32 Å². The number of nitrogens with one attached hydrogen (secondary N) is 1. The Balaban J connectivity index is 2.60. The third kappa shape index (κ3) is 2.08. The second kappa shape index (κ2) is 2.97. The average molecular weight is 168 g/mol. The van der Waals surface area contributed by atoms with E-state index in [-0.39, 0.29) is 5.91 Å². The van der Waals surface area contributed by atoms with Gasteiger partial charge in [-0.15, -0.1) is 0 Å². The van der Waals surface area contributed by atoms with Gasteiger partial charge in [0.1, 0.15) is 6.26 Å². The van der Waals surface area contributed by atoms with Crippen molar-refractivity contribution in [1.82, 2.24) is 4.98 Å². The van der Waals surface area contributed by atoms with Gasteiger partial charge in [0.25, 0.3) is 0 Å². The van der Waals surface area contributed by atoms with Crippen LogP contribution >= 0.6 is 0 Å². The number of carbonyl (C=O) groups excluding carboxylic acids is 1. The van der Waals surface area contributed by atoms with E-state index < -0.39 is 5.41 Å². The minimum absolute atomic E-state index is 0.0728. The van der Waals surface area contributed by atoms with Gasteiger partial charge in [0, 0.05) is 5.41 Å². The molecule has 1 heterocycles. The van der Waals surface area contributed by atoms with Gasteiger partial charge in [-0.3, -0.25) is 4.79 Å². The Hall–Kier alpha value is -1.32. The van der Waals surface area contributed by atoms with Gasteiger partial charge in [-0.05, 0) is 0 Å². The Labute approximate surface area is 71.0 Å². The fourth-order valence-electron chi connectivity index (χ4n) is 0.578. The van der Waals surface area contributed by atoms with Crippen LogP contribution in [-0.2, 0) is 4.79 Å². The summed E-state index contributed by atoms with van der Waals surface area (Å²) in [5.74, 6) is 0.381. The number of anilines is 1. The minimum Gasteiger partial charge on any atom is -0.449 e. The summed E-state index contributed by atoms with van der Waals surface area (Å²) in [6.07, 6.45) is 2.67. The summed E-state index contributed by atoms with van der Waals surface area (Å²) < 4.78 is 4.70. The zero-order chi connectivity index (χ0) is 9.19. The van der Waals surface area contributed by atoms with Crippen LogP contribution in [0.2, 0.25) is 0 Å². The molecule has 0 bridgehead atoms. The third-order valence-electron chi connectivity index (χ3n) is 1.36. The fourth-order valence-corrected chi connectivity index (χ4v) is 0.578. The molecule has 4 nitrogen and oxygen atoms in total. The number of amides is 1. The monoisotopic (exact) mass is 168 g/mol. The van der Waals surface area contributed by atoms with E-state index in [0.29, 0.717) is 5.82 Å². The average Bonchev–Trinajstić information content (AvgIpc) is 2.37. The Morgan fingerprint density at radius 3 is 2.67 bits per heavy atom. The van der Waals surface area contributed by atoms with Gasteiger partial charge in [-0.2, -0.15) is 4.98 Å². The summed E-state index contributed by atoms with van der Waals surface area (Å²) in [5.41, 5.74) is -0.404. The lowest BCUT2D eigenvalue weighted by molar-refractivity contribution is -0.123. The van der Waals surface area contributed by atoms with Gasteiger partial charge >= 0.3 is 0 Å². The second-order valence-electron chi connectivity index (χ2n) is 3.58. The van der Waals surface area contributed by atoms with Crippen molar-refractivity contribution < 1.29 is 9.21 Å². The first-order valence-corrected chi connectivity index (χ1v) is 3.70. The Morgan fingerprint density at radius 1 is 1.58 bits per heavy atom. The molecular formula is C8H12N2O2. The van der Waals surface area contributed by atoms with Gasteiger partial charge in [0.2, 0.25) is 5.91 Å². The number of hydrogen-bond donors (Lipinski definition) is 1. The van der Waals surface area contributed by atoms with Crippen molar-refractivity contribution >= 4 is 11.7 Å². The van der Waals surface area contributed by atoms with Crippen LogP contribution in [0.1, 0.15) is 20.8 Å². The topological polar surface area (TPSA) is 55.1 Å². The van der Waals surface area contributed by atoms with Crippen molar-refractivity contribution in [3.05, 3.63) is 12.7 Å². The number of oxazole rings is 1. The van der Waals surface area contributed by atoms with Crippen LogP contribution in [0.4, 0.5) is 5.82 Å². The first kappa shape index (κ1) is 8.77. The highest BCUT2D eigenvalue weighted by molar-refractivity contribution is 5.93. The van der Waals surface area contributed by atoms with Crippen molar-refractivity contribution in [2.24, 2.45) is 5.41 Å². The molecule has 1 amide bonds. The lowest BCUT2D eigenvalue weighted by Crippen LogP contribution is -2.27. The molecular weight excluding hydrogens is 156 g/mol. The third-order valence-corrected chi connectivity index (χ3v) is 1.36. The van der Waals surface area contributed by atoms with Crippen molar-refractivity contribution in [2.45, 2.75) is 20.8 Å². The zero-order valence-corrected chi connectivity index (χ0v) is 7.42. The molecule has 0 fully saturated rings. The predicted octanol–water partition coefficient (Wildman–Crippen LogP) is 1.66. The standard InChI is InChI=1S/C8H12N2O2/c1-8(2,3)7(11)10-6-4-12-5-9-6/h4-5H,1-3H3,(H,10,11). The number of hydrogen-bond acceptors (Lipinski definition) is 3. The van der Waals surface area contributed by atoms with Crippen LogP contribution < -0.4 is 5.32 Å². The summed E-state index contributed by atoms with van der Waals surface area (Å²) in [4.78, 5) is 15.1. The molecule has 0 unspecified atom stereocenters. The minimum atomic E-state index is -0.404. The summed E-state index contributed by atoms with van der Waals surface area (Å²) in [5, 5.41) is 2.62. The van der Waals surface area contributed by atoms with Crippen molar-refractivity contribution in [1.29, 1.82) is 0 Å². The van der Waals surface area contributed by atoms with Crippen molar-refractivity contribution in [3.8, 4) is 0 Å². The van der Waals surface area contributed by atoms with Crippen LogP contribution in [0.15, 0.2) is 17.1 Å². The zero-order valence-electron chi connectivity index (χ0n) is 7.42. The quantitative estimate of drug-likeness (QED) is 0.693. The highest BCUT2D eigenvalue weighted by atomic mass is 16.3. The molecule has 0 aliphatic heterocycles. The Morgan fingerprint density at radius 2 is 2.25 bits per heavy atom. The largest absolute Gasteiger partial charge is 0.449 e. The van der Waals surface area contributed by atoms with Gasteiger partial charge in [0.15, 0.2) is 12.2 Å². The normalized spacial score (nSPS) is 11.2. The van der Waals surface area contributed by atoms with E-state index in [9.17, 15) is 4.79 Å². The fraction of sp³-hybridized carbons (Fsp3) is 0.500. The van der Waals surface area contributed by atoms with Crippen molar-refractivity contribution in [3.63, 3.8) is 0 Å². The van der Waals surface area contributed by atoms with E-state index in [1.807, 2.05) is 20.8 Å². The van der Waals surface area contributed by atoms with Gasteiger partial charge in [0.05, 0.1) is 0 Å². The van der Waals surface area contributed by atoms with E-state index in [1.165, 1.54) is 12.7 Å². The highest BCUT2D eigenvalue weighted by Gasteiger charge is 2.21. The van der Waals surface area contributed by atoms with Crippen LogP contribution in [0.3, 0.4) is 0 Å². The lowest BCUT2D eigenvalue weighted by Gasteiger charge is -2.15. The van der Waals surface area contributed by atoms with Gasteiger partial charge in [-0.1, -0.05) is 20.8 Å². The molecule has 66 valence electrons. The summed E-state index contributed by atoms with van der Waals surface area (Å²) in [6.45, 7) is 5.51. The molecule has 12 heavy (non-hydrogen) atoms. The molecule has 0 atom stereocenters. The van der Waals surface area contributed by atoms with E-state index in [1.54, 1.807) is 0 Å². The molecule has 1 N–H and O–H groups in total. The molecule has 0 spiro atoms. The smallest absolute Gasteiger partial charge is 0.230 e. The first-order valence-electron chi connectivity index (χ1n) is 3.70. The van der Waals surface area contributed by atoms with E-state index in [0.717, 1.165) is 0 Å². The van der Waals surface area contributed by atoms with Gasteiger partial charge in [-0.25, -0.2) is 0 Å². The Kier molecular flexibility index (Phi) is 2.17. The molecule has 0 aliphatic rings. The maximum atomic E-state index is 11.3. The molecule has 1 aromatic rings. The second-order valence-corrected chi connectivity index (χ2v) is 3.58. The number of rotatable bonds is 1. The lowest BCUT2D eigenvalue weighted by atomic mass is 9.96.